The van der Waals surface area contributed by atoms with Crippen LogP contribution in [0.2, 0.25) is 0 Å². The van der Waals surface area contributed by atoms with Crippen molar-refractivity contribution in [2.75, 3.05) is 5.32 Å². The second-order valence-corrected chi connectivity index (χ2v) is 5.13. The lowest BCUT2D eigenvalue weighted by Gasteiger charge is -2.12. The third-order valence-electron chi connectivity index (χ3n) is 3.32. The summed E-state index contributed by atoms with van der Waals surface area (Å²) in [7, 11) is 0. The van der Waals surface area contributed by atoms with E-state index < -0.39 is 11.8 Å². The Hall–Kier alpha value is -3.54. The van der Waals surface area contributed by atoms with Gasteiger partial charge in [-0.3, -0.25) is 9.59 Å². The average Bonchev–Trinajstić information content (AvgIpc) is 3.16. The van der Waals surface area contributed by atoms with Crippen LogP contribution in [0, 0.1) is 0 Å². The molecular weight excluding hydrogens is 320 g/mol. The molecule has 25 heavy (non-hydrogen) atoms. The van der Waals surface area contributed by atoms with Gasteiger partial charge in [-0.25, -0.2) is 0 Å². The van der Waals surface area contributed by atoms with Crippen molar-refractivity contribution in [2.45, 2.75) is 6.54 Å². The number of rotatable bonds is 5. The molecule has 6 heteroatoms. The van der Waals surface area contributed by atoms with Gasteiger partial charge in [0.15, 0.2) is 5.75 Å². The molecule has 0 unspecified atom stereocenters. The zero-order valence-electron chi connectivity index (χ0n) is 13.3. The van der Waals surface area contributed by atoms with E-state index in [4.69, 9.17) is 9.15 Å². The van der Waals surface area contributed by atoms with E-state index >= 15 is 0 Å². The minimum absolute atomic E-state index is 0.140. The molecule has 2 amide bonds. The zero-order valence-corrected chi connectivity index (χ0v) is 13.3. The van der Waals surface area contributed by atoms with Crippen molar-refractivity contribution < 1.29 is 18.7 Å². The van der Waals surface area contributed by atoms with Gasteiger partial charge in [-0.2, -0.15) is 0 Å². The van der Waals surface area contributed by atoms with E-state index in [2.05, 4.69) is 10.6 Å². The van der Waals surface area contributed by atoms with Crippen molar-refractivity contribution in [1.82, 2.24) is 5.32 Å². The first-order chi connectivity index (χ1) is 12.2. The van der Waals surface area contributed by atoms with Gasteiger partial charge in [-0.15, -0.1) is 0 Å². The van der Waals surface area contributed by atoms with Gasteiger partial charge >= 0.3 is 11.8 Å². The smallest absolute Gasteiger partial charge is 0.313 e. The standard InChI is InChI=1S/C19H16N2O4/c22-18(20-13-15-9-6-12-24-15)19(23)21-16-10-4-5-11-17(16)25-14-7-2-1-3-8-14/h1-12H,13H2,(H,20,22)(H,21,23). The van der Waals surface area contributed by atoms with Crippen LogP contribution in [-0.4, -0.2) is 11.8 Å². The Morgan fingerprint density at radius 2 is 1.64 bits per heavy atom. The Kier molecular flexibility index (Phi) is 5.11. The highest BCUT2D eigenvalue weighted by atomic mass is 16.5. The molecule has 0 atom stereocenters. The Morgan fingerprint density at radius 1 is 0.880 bits per heavy atom. The molecule has 2 N–H and O–H groups in total. The second kappa shape index (κ2) is 7.83. The molecule has 0 fully saturated rings. The first-order valence-corrected chi connectivity index (χ1v) is 7.66. The summed E-state index contributed by atoms with van der Waals surface area (Å²) >= 11 is 0. The fourth-order valence-electron chi connectivity index (χ4n) is 2.11. The quantitative estimate of drug-likeness (QED) is 0.700. The Morgan fingerprint density at radius 3 is 2.40 bits per heavy atom. The van der Waals surface area contributed by atoms with E-state index in [0.717, 1.165) is 0 Å². The molecule has 0 aliphatic carbocycles. The van der Waals surface area contributed by atoms with Crippen molar-refractivity contribution in [3.63, 3.8) is 0 Å². The molecule has 1 heterocycles. The van der Waals surface area contributed by atoms with Gasteiger partial charge in [0.1, 0.15) is 11.5 Å². The Bertz CT molecular complexity index is 845. The minimum atomic E-state index is -0.782. The van der Waals surface area contributed by atoms with Gasteiger partial charge in [0.2, 0.25) is 0 Å². The molecule has 2 aromatic carbocycles. The first kappa shape index (κ1) is 16.3. The van der Waals surface area contributed by atoms with Crippen molar-refractivity contribution in [1.29, 1.82) is 0 Å². The SMILES string of the molecule is O=C(NCc1ccco1)C(=O)Nc1ccccc1Oc1ccccc1. The number of amides is 2. The van der Waals surface area contributed by atoms with Gasteiger partial charge in [0.25, 0.3) is 0 Å². The molecule has 3 aromatic rings. The number of anilines is 1. The summed E-state index contributed by atoms with van der Waals surface area (Å²) in [4.78, 5) is 24.0. The van der Waals surface area contributed by atoms with E-state index in [1.165, 1.54) is 6.26 Å². The van der Waals surface area contributed by atoms with Crippen LogP contribution in [0.4, 0.5) is 5.69 Å². The number of benzene rings is 2. The fourth-order valence-corrected chi connectivity index (χ4v) is 2.11. The molecule has 0 aliphatic heterocycles. The van der Waals surface area contributed by atoms with Crippen LogP contribution in [-0.2, 0) is 16.1 Å². The van der Waals surface area contributed by atoms with Crippen LogP contribution in [0.15, 0.2) is 77.4 Å². The normalized spacial score (nSPS) is 10.1. The van der Waals surface area contributed by atoms with Crippen LogP contribution >= 0.6 is 0 Å². The van der Waals surface area contributed by atoms with Gasteiger partial charge in [0, 0.05) is 0 Å². The van der Waals surface area contributed by atoms with Crippen molar-refractivity contribution >= 4 is 17.5 Å². The predicted molar refractivity (Wildman–Crippen MR) is 92.1 cm³/mol. The Balaban J connectivity index is 1.63. The Labute approximate surface area is 144 Å². The summed E-state index contributed by atoms with van der Waals surface area (Å²) in [5.74, 6) is 0.0999. The van der Waals surface area contributed by atoms with Crippen molar-refractivity contribution in [3.8, 4) is 11.5 Å². The average molecular weight is 336 g/mol. The fraction of sp³-hybridized carbons (Fsp3) is 0.0526. The summed E-state index contributed by atoms with van der Waals surface area (Å²) in [5, 5.41) is 5.04. The number of ether oxygens (including phenoxy) is 1. The zero-order chi connectivity index (χ0) is 17.5. The molecule has 3 rings (SSSR count). The maximum atomic E-state index is 12.1. The molecule has 6 nitrogen and oxygen atoms in total. The van der Waals surface area contributed by atoms with Gasteiger partial charge < -0.3 is 19.8 Å². The summed E-state index contributed by atoms with van der Waals surface area (Å²) in [6, 6.07) is 19.5. The van der Waals surface area contributed by atoms with Gasteiger partial charge in [-0.05, 0) is 36.4 Å². The van der Waals surface area contributed by atoms with E-state index in [-0.39, 0.29) is 6.54 Å². The molecule has 0 bridgehead atoms. The number of nitrogens with one attached hydrogen (secondary N) is 2. The molecule has 0 saturated carbocycles. The lowest BCUT2D eigenvalue weighted by atomic mass is 10.2. The molecule has 0 aliphatic rings. The number of carbonyl (C=O) groups excluding carboxylic acids is 2. The highest BCUT2D eigenvalue weighted by Crippen LogP contribution is 2.28. The summed E-state index contributed by atoms with van der Waals surface area (Å²) < 4.78 is 10.8. The molecular formula is C19H16N2O4. The van der Waals surface area contributed by atoms with Crippen LogP contribution in [0.25, 0.3) is 0 Å². The van der Waals surface area contributed by atoms with Gasteiger partial charge in [-0.1, -0.05) is 30.3 Å². The monoisotopic (exact) mass is 336 g/mol. The maximum Gasteiger partial charge on any atom is 0.313 e. The van der Waals surface area contributed by atoms with Crippen molar-refractivity contribution in [2.24, 2.45) is 0 Å². The first-order valence-electron chi connectivity index (χ1n) is 7.66. The molecule has 126 valence electrons. The number of para-hydroxylation sites is 3. The topological polar surface area (TPSA) is 80.6 Å². The molecule has 1 aromatic heterocycles. The van der Waals surface area contributed by atoms with Gasteiger partial charge in [0.05, 0.1) is 18.5 Å². The van der Waals surface area contributed by atoms with Crippen LogP contribution in [0.3, 0.4) is 0 Å². The van der Waals surface area contributed by atoms with E-state index in [1.807, 2.05) is 18.2 Å². The highest BCUT2D eigenvalue weighted by Gasteiger charge is 2.16. The second-order valence-electron chi connectivity index (χ2n) is 5.13. The van der Waals surface area contributed by atoms with Crippen molar-refractivity contribution in [3.05, 3.63) is 78.8 Å². The number of hydrogen-bond donors (Lipinski definition) is 2. The van der Waals surface area contributed by atoms with E-state index in [1.54, 1.807) is 48.5 Å². The lowest BCUT2D eigenvalue weighted by molar-refractivity contribution is -0.136. The maximum absolute atomic E-state index is 12.1. The predicted octanol–water partition coefficient (Wildman–Crippen LogP) is 3.33. The van der Waals surface area contributed by atoms with Crippen LogP contribution < -0.4 is 15.4 Å². The number of hydrogen-bond acceptors (Lipinski definition) is 4. The van der Waals surface area contributed by atoms with Crippen LogP contribution in [0.1, 0.15) is 5.76 Å². The third-order valence-corrected chi connectivity index (χ3v) is 3.32. The van der Waals surface area contributed by atoms with E-state index in [0.29, 0.717) is 22.9 Å². The number of carbonyl (C=O) groups is 2. The lowest BCUT2D eigenvalue weighted by Crippen LogP contribution is -2.34. The number of furan rings is 1. The largest absolute Gasteiger partial charge is 0.467 e. The van der Waals surface area contributed by atoms with E-state index in [9.17, 15) is 9.59 Å². The summed E-state index contributed by atoms with van der Waals surface area (Å²) in [6.07, 6.45) is 1.50. The molecule has 0 spiro atoms. The summed E-state index contributed by atoms with van der Waals surface area (Å²) in [5.41, 5.74) is 0.407. The molecule has 0 radical (unpaired) electrons. The minimum Gasteiger partial charge on any atom is -0.467 e. The van der Waals surface area contributed by atoms with Crippen LogP contribution in [0.5, 0.6) is 11.5 Å². The third kappa shape index (κ3) is 4.48. The summed E-state index contributed by atoms with van der Waals surface area (Å²) in [6.45, 7) is 0.140. The molecule has 0 saturated heterocycles. The highest BCUT2D eigenvalue weighted by molar-refractivity contribution is 6.39.